The van der Waals surface area contributed by atoms with Crippen LogP contribution in [0.2, 0.25) is 0 Å². The van der Waals surface area contributed by atoms with E-state index in [-0.39, 0.29) is 11.9 Å². The molecule has 1 amide bonds. The molecular formula is C16H24N2O. The van der Waals surface area contributed by atoms with Gasteiger partial charge >= 0.3 is 0 Å². The van der Waals surface area contributed by atoms with Crippen molar-refractivity contribution in [3.05, 3.63) is 35.9 Å². The maximum atomic E-state index is 12.6. The zero-order valence-electron chi connectivity index (χ0n) is 11.8. The molecule has 0 aliphatic carbocycles. The molecule has 0 unspecified atom stereocenters. The van der Waals surface area contributed by atoms with Crippen molar-refractivity contribution in [3.8, 4) is 0 Å². The van der Waals surface area contributed by atoms with Crippen molar-refractivity contribution in [1.29, 1.82) is 0 Å². The number of nitrogens with one attached hydrogen (secondary N) is 1. The van der Waals surface area contributed by atoms with E-state index in [2.05, 4.69) is 24.4 Å². The van der Waals surface area contributed by atoms with Gasteiger partial charge in [-0.05, 0) is 31.4 Å². The van der Waals surface area contributed by atoms with E-state index in [1.807, 2.05) is 23.1 Å². The van der Waals surface area contributed by atoms with Crippen molar-refractivity contribution in [1.82, 2.24) is 10.2 Å². The number of carbonyl (C=O) groups is 1. The number of hydrogen-bond donors (Lipinski definition) is 1. The molecule has 1 aromatic carbocycles. The molecule has 1 fully saturated rings. The predicted molar refractivity (Wildman–Crippen MR) is 77.8 cm³/mol. The summed E-state index contributed by atoms with van der Waals surface area (Å²) in [5, 5.41) is 3.35. The van der Waals surface area contributed by atoms with Crippen LogP contribution in [0.5, 0.6) is 0 Å². The van der Waals surface area contributed by atoms with Crippen LogP contribution >= 0.6 is 0 Å². The summed E-state index contributed by atoms with van der Waals surface area (Å²) >= 11 is 0. The Labute approximate surface area is 116 Å². The summed E-state index contributed by atoms with van der Waals surface area (Å²) in [7, 11) is 0. The minimum atomic E-state index is 0.0315. The summed E-state index contributed by atoms with van der Waals surface area (Å²) in [5.74, 6) is 0.269. The second-order valence-corrected chi connectivity index (χ2v) is 5.25. The van der Waals surface area contributed by atoms with Crippen molar-refractivity contribution < 1.29 is 4.79 Å². The van der Waals surface area contributed by atoms with Gasteiger partial charge in [0.05, 0.1) is 6.04 Å². The fourth-order valence-corrected chi connectivity index (χ4v) is 2.62. The molecule has 1 aromatic rings. The standard InChI is InChI=1S/C16H24N2O/c1-2-12-18(13-14-8-4-3-5-9-14)16(19)15-10-6-7-11-17-15/h3-5,8-9,15,17H,2,6-7,10-13H2,1H3/t15-/m1/s1. The van der Waals surface area contributed by atoms with Gasteiger partial charge in [0.15, 0.2) is 0 Å². The van der Waals surface area contributed by atoms with E-state index in [4.69, 9.17) is 0 Å². The lowest BCUT2D eigenvalue weighted by atomic mass is 10.0. The first kappa shape index (κ1) is 14.1. The molecule has 3 heteroatoms. The Morgan fingerprint density at radius 1 is 1.32 bits per heavy atom. The number of piperidine rings is 1. The van der Waals surface area contributed by atoms with Crippen LogP contribution in [0.4, 0.5) is 0 Å². The van der Waals surface area contributed by atoms with Gasteiger partial charge in [0.2, 0.25) is 5.91 Å². The van der Waals surface area contributed by atoms with Gasteiger partial charge < -0.3 is 10.2 Å². The number of hydrogen-bond acceptors (Lipinski definition) is 2. The molecule has 0 radical (unpaired) electrons. The normalized spacial score (nSPS) is 19.1. The lowest BCUT2D eigenvalue weighted by molar-refractivity contribution is -0.134. The van der Waals surface area contributed by atoms with Gasteiger partial charge in [-0.2, -0.15) is 0 Å². The lowest BCUT2D eigenvalue weighted by Crippen LogP contribution is -2.48. The number of rotatable bonds is 5. The van der Waals surface area contributed by atoms with Crippen LogP contribution in [-0.2, 0) is 11.3 Å². The average molecular weight is 260 g/mol. The largest absolute Gasteiger partial charge is 0.337 e. The Morgan fingerprint density at radius 2 is 2.11 bits per heavy atom. The molecule has 1 aliphatic heterocycles. The molecule has 19 heavy (non-hydrogen) atoms. The molecule has 0 aromatic heterocycles. The van der Waals surface area contributed by atoms with Crippen LogP contribution in [0.25, 0.3) is 0 Å². The third-order valence-corrected chi connectivity index (χ3v) is 3.63. The Hall–Kier alpha value is -1.35. The number of amides is 1. The van der Waals surface area contributed by atoms with Gasteiger partial charge in [0, 0.05) is 13.1 Å². The number of benzene rings is 1. The third-order valence-electron chi connectivity index (χ3n) is 3.63. The van der Waals surface area contributed by atoms with Gasteiger partial charge in [-0.3, -0.25) is 4.79 Å². The predicted octanol–water partition coefficient (Wildman–Crippen LogP) is 2.57. The smallest absolute Gasteiger partial charge is 0.240 e. The Kier molecular flexibility index (Phi) is 5.40. The molecule has 0 saturated carbocycles. The average Bonchev–Trinajstić information content (AvgIpc) is 2.48. The zero-order chi connectivity index (χ0) is 13.5. The first-order valence-electron chi connectivity index (χ1n) is 7.37. The first-order chi connectivity index (χ1) is 9.31. The number of nitrogens with zero attached hydrogens (tertiary/aromatic N) is 1. The maximum Gasteiger partial charge on any atom is 0.240 e. The molecular weight excluding hydrogens is 236 g/mol. The summed E-state index contributed by atoms with van der Waals surface area (Å²) in [4.78, 5) is 14.6. The molecule has 2 rings (SSSR count). The molecule has 1 aliphatic rings. The molecule has 0 spiro atoms. The van der Waals surface area contributed by atoms with E-state index in [0.717, 1.165) is 38.9 Å². The molecule has 1 atom stereocenters. The Bertz CT molecular complexity index is 385. The molecule has 1 N–H and O–H groups in total. The van der Waals surface area contributed by atoms with Crippen LogP contribution in [0.1, 0.15) is 38.2 Å². The van der Waals surface area contributed by atoms with Gasteiger partial charge in [0.1, 0.15) is 0 Å². The van der Waals surface area contributed by atoms with Gasteiger partial charge in [0.25, 0.3) is 0 Å². The number of carbonyl (C=O) groups excluding carboxylic acids is 1. The van der Waals surface area contributed by atoms with Crippen molar-refractivity contribution in [2.24, 2.45) is 0 Å². The van der Waals surface area contributed by atoms with Crippen LogP contribution in [0, 0.1) is 0 Å². The summed E-state index contributed by atoms with van der Waals surface area (Å²) in [5.41, 5.74) is 1.21. The quantitative estimate of drug-likeness (QED) is 0.882. The highest BCUT2D eigenvalue weighted by molar-refractivity contribution is 5.82. The SMILES string of the molecule is CCCN(Cc1ccccc1)C(=O)[C@H]1CCCCN1. The van der Waals surface area contributed by atoms with E-state index in [1.165, 1.54) is 12.0 Å². The van der Waals surface area contributed by atoms with Gasteiger partial charge in [-0.15, -0.1) is 0 Å². The summed E-state index contributed by atoms with van der Waals surface area (Å²) in [6, 6.07) is 10.3. The summed E-state index contributed by atoms with van der Waals surface area (Å²) in [6.45, 7) is 4.67. The highest BCUT2D eigenvalue weighted by Crippen LogP contribution is 2.13. The van der Waals surface area contributed by atoms with E-state index < -0.39 is 0 Å². The van der Waals surface area contributed by atoms with Gasteiger partial charge in [-0.1, -0.05) is 43.7 Å². The molecule has 1 saturated heterocycles. The van der Waals surface area contributed by atoms with E-state index >= 15 is 0 Å². The van der Waals surface area contributed by atoms with Crippen LogP contribution in [0.15, 0.2) is 30.3 Å². The first-order valence-corrected chi connectivity index (χ1v) is 7.37. The van der Waals surface area contributed by atoms with Crippen LogP contribution in [-0.4, -0.2) is 29.9 Å². The molecule has 3 nitrogen and oxygen atoms in total. The van der Waals surface area contributed by atoms with Gasteiger partial charge in [-0.25, -0.2) is 0 Å². The van der Waals surface area contributed by atoms with E-state index in [9.17, 15) is 4.79 Å². The minimum Gasteiger partial charge on any atom is -0.337 e. The Morgan fingerprint density at radius 3 is 2.74 bits per heavy atom. The third kappa shape index (κ3) is 4.06. The minimum absolute atomic E-state index is 0.0315. The van der Waals surface area contributed by atoms with Crippen LogP contribution in [0.3, 0.4) is 0 Å². The van der Waals surface area contributed by atoms with E-state index in [0.29, 0.717) is 0 Å². The molecule has 104 valence electrons. The highest BCUT2D eigenvalue weighted by Gasteiger charge is 2.25. The van der Waals surface area contributed by atoms with Crippen molar-refractivity contribution in [2.75, 3.05) is 13.1 Å². The van der Waals surface area contributed by atoms with Crippen molar-refractivity contribution in [3.63, 3.8) is 0 Å². The van der Waals surface area contributed by atoms with Crippen molar-refractivity contribution in [2.45, 2.75) is 45.2 Å². The second kappa shape index (κ2) is 7.29. The van der Waals surface area contributed by atoms with Crippen molar-refractivity contribution >= 4 is 5.91 Å². The molecule has 0 bridgehead atoms. The summed E-state index contributed by atoms with van der Waals surface area (Å²) in [6.07, 6.45) is 4.34. The molecule has 1 heterocycles. The fourth-order valence-electron chi connectivity index (χ4n) is 2.62. The Balaban J connectivity index is 2.00. The maximum absolute atomic E-state index is 12.6. The highest BCUT2D eigenvalue weighted by atomic mass is 16.2. The second-order valence-electron chi connectivity index (χ2n) is 5.25. The zero-order valence-corrected chi connectivity index (χ0v) is 11.8. The topological polar surface area (TPSA) is 32.3 Å². The monoisotopic (exact) mass is 260 g/mol. The lowest BCUT2D eigenvalue weighted by Gasteiger charge is -2.30. The summed E-state index contributed by atoms with van der Waals surface area (Å²) < 4.78 is 0. The van der Waals surface area contributed by atoms with E-state index in [1.54, 1.807) is 0 Å². The van der Waals surface area contributed by atoms with Crippen LogP contribution < -0.4 is 5.32 Å². The fraction of sp³-hybridized carbons (Fsp3) is 0.562.